The molecule has 0 spiro atoms. The Labute approximate surface area is 191 Å². The molecule has 0 aromatic heterocycles. The van der Waals surface area contributed by atoms with Crippen molar-refractivity contribution in [3.05, 3.63) is 71.3 Å². The van der Waals surface area contributed by atoms with Crippen LogP contribution in [0.5, 0.6) is 0 Å². The van der Waals surface area contributed by atoms with Gasteiger partial charge in [0.05, 0.1) is 12.5 Å². The van der Waals surface area contributed by atoms with Gasteiger partial charge in [0, 0.05) is 0 Å². The molecule has 3 atom stereocenters. The summed E-state index contributed by atoms with van der Waals surface area (Å²) in [5, 5.41) is 21.1. The van der Waals surface area contributed by atoms with Gasteiger partial charge < -0.3 is 25.2 Å². The Morgan fingerprint density at radius 2 is 1.70 bits per heavy atom. The molecule has 9 nitrogen and oxygen atoms in total. The second kappa shape index (κ2) is 10.6. The van der Waals surface area contributed by atoms with E-state index in [9.17, 15) is 29.4 Å². The first-order valence-electron chi connectivity index (χ1n) is 10.5. The first kappa shape index (κ1) is 23.8. The molecular weight excluding hydrogens is 428 g/mol. The number of fused-ring (bicyclic) bond motifs is 1. The summed E-state index contributed by atoms with van der Waals surface area (Å²) in [5.74, 6) is -3.42. The number of nitrogens with one attached hydrogen (secondary N) is 1. The van der Waals surface area contributed by atoms with Gasteiger partial charge in [-0.25, -0.2) is 4.79 Å². The highest BCUT2D eigenvalue weighted by Gasteiger charge is 2.40. The molecule has 1 aliphatic carbocycles. The molecule has 9 heteroatoms. The summed E-state index contributed by atoms with van der Waals surface area (Å²) in [6.07, 6.45) is -1.02. The van der Waals surface area contributed by atoms with E-state index in [1.807, 2.05) is 31.2 Å². The third-order valence-corrected chi connectivity index (χ3v) is 5.56. The van der Waals surface area contributed by atoms with Crippen LogP contribution in [0.15, 0.2) is 54.6 Å². The fourth-order valence-electron chi connectivity index (χ4n) is 4.19. The third kappa shape index (κ3) is 6.09. The Morgan fingerprint density at radius 3 is 2.36 bits per heavy atom. The minimum atomic E-state index is -1.48. The van der Waals surface area contributed by atoms with Gasteiger partial charge in [0.2, 0.25) is 5.91 Å². The number of carbonyl (C=O) groups is 4. The van der Waals surface area contributed by atoms with E-state index >= 15 is 0 Å². The molecule has 0 fully saturated rings. The Kier molecular flexibility index (Phi) is 7.66. The maximum Gasteiger partial charge on any atom is 0.408 e. The van der Waals surface area contributed by atoms with E-state index in [0.717, 1.165) is 21.6 Å². The van der Waals surface area contributed by atoms with Crippen molar-refractivity contribution >= 4 is 23.9 Å². The van der Waals surface area contributed by atoms with E-state index < -0.39 is 49.0 Å². The highest BCUT2D eigenvalue weighted by Crippen LogP contribution is 2.40. The maximum atomic E-state index is 13.4. The van der Waals surface area contributed by atoms with E-state index in [0.29, 0.717) is 6.42 Å². The predicted octanol–water partition coefficient (Wildman–Crippen LogP) is 2.60. The molecule has 2 amide bonds. The average molecular weight is 454 g/mol. The fraction of sp³-hybridized carbons (Fsp3) is 0.333. The van der Waals surface area contributed by atoms with Gasteiger partial charge in [-0.15, -0.1) is 0 Å². The first-order chi connectivity index (χ1) is 15.8. The van der Waals surface area contributed by atoms with Crippen molar-refractivity contribution in [2.75, 3.05) is 6.54 Å². The van der Waals surface area contributed by atoms with Gasteiger partial charge in [-0.2, -0.15) is 0 Å². The van der Waals surface area contributed by atoms with E-state index in [1.165, 1.54) is 0 Å². The quantitative estimate of drug-likeness (QED) is 0.530. The van der Waals surface area contributed by atoms with Crippen molar-refractivity contribution in [2.45, 2.75) is 38.5 Å². The van der Waals surface area contributed by atoms with Gasteiger partial charge in [0.15, 0.2) is 0 Å². The van der Waals surface area contributed by atoms with Gasteiger partial charge in [-0.05, 0) is 29.0 Å². The average Bonchev–Trinajstić information content (AvgIpc) is 3.11. The number of amides is 2. The van der Waals surface area contributed by atoms with Crippen LogP contribution in [0.2, 0.25) is 0 Å². The largest absolute Gasteiger partial charge is 0.481 e. The van der Waals surface area contributed by atoms with E-state index in [-0.39, 0.29) is 12.5 Å². The van der Waals surface area contributed by atoms with Crippen LogP contribution in [-0.4, -0.2) is 51.6 Å². The van der Waals surface area contributed by atoms with Gasteiger partial charge in [0.25, 0.3) is 0 Å². The lowest BCUT2D eigenvalue weighted by atomic mass is 9.99. The molecule has 2 aromatic rings. The molecule has 33 heavy (non-hydrogen) atoms. The highest BCUT2D eigenvalue weighted by atomic mass is 16.5. The molecule has 0 radical (unpaired) electrons. The Bertz CT molecular complexity index is 1020. The van der Waals surface area contributed by atoms with Crippen LogP contribution in [0.4, 0.5) is 4.79 Å². The second-order valence-electron chi connectivity index (χ2n) is 8.04. The number of carbonyl (C=O) groups excluding carboxylic acids is 2. The van der Waals surface area contributed by atoms with E-state index in [4.69, 9.17) is 4.74 Å². The monoisotopic (exact) mass is 454 g/mol. The molecule has 0 heterocycles. The number of aliphatic carboxylic acids is 2. The van der Waals surface area contributed by atoms with Gasteiger partial charge in [-0.1, -0.05) is 61.5 Å². The Hall–Kier alpha value is -3.88. The Morgan fingerprint density at radius 1 is 1.03 bits per heavy atom. The molecule has 1 aliphatic rings. The SMILES string of the molecule is CC1Cc2ccccc2C1N(CC(=O)O)C(=O)[C@H](CC(=O)O)NC(=O)OCc1ccccc1. The highest BCUT2D eigenvalue weighted by molar-refractivity contribution is 5.91. The van der Waals surface area contributed by atoms with Crippen LogP contribution in [0.1, 0.15) is 36.1 Å². The maximum absolute atomic E-state index is 13.4. The van der Waals surface area contributed by atoms with Crippen molar-refractivity contribution in [2.24, 2.45) is 5.92 Å². The van der Waals surface area contributed by atoms with E-state index in [2.05, 4.69) is 5.32 Å². The number of nitrogens with zero attached hydrogens (tertiary/aromatic N) is 1. The lowest BCUT2D eigenvalue weighted by Gasteiger charge is -2.34. The van der Waals surface area contributed by atoms with Gasteiger partial charge in [-0.3, -0.25) is 14.4 Å². The molecular formula is C24H26N2O7. The van der Waals surface area contributed by atoms with Crippen molar-refractivity contribution in [3.63, 3.8) is 0 Å². The molecule has 2 aromatic carbocycles. The lowest BCUT2D eigenvalue weighted by Crippen LogP contribution is -2.52. The van der Waals surface area contributed by atoms with Crippen LogP contribution < -0.4 is 5.32 Å². The van der Waals surface area contributed by atoms with Crippen molar-refractivity contribution in [3.8, 4) is 0 Å². The van der Waals surface area contributed by atoms with Crippen LogP contribution in [-0.2, 0) is 32.1 Å². The van der Waals surface area contributed by atoms with Crippen molar-refractivity contribution in [1.29, 1.82) is 0 Å². The summed E-state index contributed by atoms with van der Waals surface area (Å²) >= 11 is 0. The van der Waals surface area contributed by atoms with Gasteiger partial charge in [0.1, 0.15) is 19.2 Å². The normalized spacial score (nSPS) is 17.5. The number of benzene rings is 2. The summed E-state index contributed by atoms with van der Waals surface area (Å²) in [4.78, 5) is 49.9. The van der Waals surface area contributed by atoms with Crippen LogP contribution in [0.25, 0.3) is 0 Å². The second-order valence-corrected chi connectivity index (χ2v) is 8.04. The molecule has 0 bridgehead atoms. The zero-order valence-corrected chi connectivity index (χ0v) is 18.1. The molecule has 3 rings (SSSR count). The molecule has 0 saturated carbocycles. The predicted molar refractivity (Wildman–Crippen MR) is 117 cm³/mol. The lowest BCUT2D eigenvalue weighted by molar-refractivity contribution is -0.149. The summed E-state index contributed by atoms with van der Waals surface area (Å²) in [7, 11) is 0. The zero-order valence-electron chi connectivity index (χ0n) is 18.1. The number of ether oxygens (including phenoxy) is 1. The zero-order chi connectivity index (χ0) is 24.0. The fourth-order valence-corrected chi connectivity index (χ4v) is 4.19. The minimum absolute atomic E-state index is 0.0630. The van der Waals surface area contributed by atoms with Crippen molar-refractivity contribution in [1.82, 2.24) is 10.2 Å². The first-order valence-corrected chi connectivity index (χ1v) is 10.5. The summed E-state index contributed by atoms with van der Waals surface area (Å²) in [6.45, 7) is 1.21. The smallest absolute Gasteiger partial charge is 0.408 e. The summed E-state index contributed by atoms with van der Waals surface area (Å²) in [5.41, 5.74) is 2.54. The third-order valence-electron chi connectivity index (χ3n) is 5.56. The molecule has 3 N–H and O–H groups in total. The van der Waals surface area contributed by atoms with Crippen molar-refractivity contribution < 1.29 is 34.1 Å². The van der Waals surface area contributed by atoms with Crippen LogP contribution in [0.3, 0.4) is 0 Å². The molecule has 174 valence electrons. The van der Waals surface area contributed by atoms with Crippen LogP contribution >= 0.6 is 0 Å². The number of carboxylic acid groups (broad SMARTS) is 2. The minimum Gasteiger partial charge on any atom is -0.481 e. The molecule has 0 saturated heterocycles. The topological polar surface area (TPSA) is 133 Å². The molecule has 0 aliphatic heterocycles. The van der Waals surface area contributed by atoms with Gasteiger partial charge >= 0.3 is 18.0 Å². The number of hydrogen-bond donors (Lipinski definition) is 3. The number of carboxylic acids is 2. The van der Waals surface area contributed by atoms with Crippen LogP contribution in [0, 0.1) is 5.92 Å². The number of hydrogen-bond acceptors (Lipinski definition) is 5. The summed E-state index contributed by atoms with van der Waals surface area (Å²) < 4.78 is 5.12. The Balaban J connectivity index is 1.80. The van der Waals surface area contributed by atoms with E-state index in [1.54, 1.807) is 30.3 Å². The standard InChI is InChI=1S/C24H26N2O7/c1-15-11-17-9-5-6-10-18(17)22(15)26(13-21(29)30)23(31)19(12-20(27)28)25-24(32)33-14-16-7-3-2-4-8-16/h2-10,15,19,22H,11-14H2,1H3,(H,25,32)(H,27,28)(H,29,30)/t15?,19-,22?/m0/s1. The number of rotatable bonds is 9. The number of alkyl carbamates (subject to hydrolysis) is 1. The summed E-state index contributed by atoms with van der Waals surface area (Å²) in [6, 6.07) is 14.3. The molecule has 2 unspecified atom stereocenters.